The van der Waals surface area contributed by atoms with Crippen LogP contribution in [0.2, 0.25) is 0 Å². The molecule has 5 nitrogen and oxygen atoms in total. The van der Waals surface area contributed by atoms with Crippen molar-refractivity contribution in [2.75, 3.05) is 19.7 Å². The van der Waals surface area contributed by atoms with Gasteiger partial charge in [0.2, 0.25) is 5.91 Å². The van der Waals surface area contributed by atoms with Crippen LogP contribution in [0.15, 0.2) is 30.3 Å². The number of nitrogens with zero attached hydrogens (tertiary/aromatic N) is 1. The van der Waals surface area contributed by atoms with Crippen LogP contribution in [0.1, 0.15) is 29.6 Å². The third-order valence-corrected chi connectivity index (χ3v) is 3.57. The molecule has 1 aliphatic heterocycles. The Labute approximate surface area is 118 Å². The number of carbonyl (C=O) groups is 2. The summed E-state index contributed by atoms with van der Waals surface area (Å²) in [5, 5.41) is 11.9. The second-order valence-corrected chi connectivity index (χ2v) is 4.94. The number of benzene rings is 1. The SMILES string of the molecule is O=C(NCCC(=O)N1CCC[C@@H]1CO)c1ccccc1. The first-order chi connectivity index (χ1) is 9.72. The summed E-state index contributed by atoms with van der Waals surface area (Å²) in [5.74, 6) is -0.173. The molecule has 0 aliphatic carbocycles. The molecule has 1 fully saturated rings. The molecule has 1 aliphatic rings. The van der Waals surface area contributed by atoms with E-state index in [4.69, 9.17) is 0 Å². The summed E-state index contributed by atoms with van der Waals surface area (Å²) in [6.45, 7) is 1.04. The molecule has 0 saturated carbocycles. The van der Waals surface area contributed by atoms with Crippen molar-refractivity contribution < 1.29 is 14.7 Å². The molecule has 2 rings (SSSR count). The Morgan fingerprint density at radius 2 is 2.05 bits per heavy atom. The first-order valence-electron chi connectivity index (χ1n) is 6.96. The highest BCUT2D eigenvalue weighted by Crippen LogP contribution is 2.17. The Bertz CT molecular complexity index is 461. The minimum atomic E-state index is -0.168. The normalized spacial score (nSPS) is 18.1. The fraction of sp³-hybridized carbons (Fsp3) is 0.467. The van der Waals surface area contributed by atoms with Gasteiger partial charge in [0.1, 0.15) is 0 Å². The second-order valence-electron chi connectivity index (χ2n) is 4.94. The van der Waals surface area contributed by atoms with Crippen molar-refractivity contribution >= 4 is 11.8 Å². The highest BCUT2D eigenvalue weighted by atomic mass is 16.3. The van der Waals surface area contributed by atoms with Crippen molar-refractivity contribution in [3.05, 3.63) is 35.9 Å². The van der Waals surface area contributed by atoms with E-state index in [9.17, 15) is 14.7 Å². The number of aliphatic hydroxyl groups is 1. The van der Waals surface area contributed by atoms with Gasteiger partial charge in [0.15, 0.2) is 0 Å². The van der Waals surface area contributed by atoms with Crippen LogP contribution in [0, 0.1) is 0 Å². The van der Waals surface area contributed by atoms with E-state index in [1.165, 1.54) is 0 Å². The van der Waals surface area contributed by atoms with Crippen LogP contribution < -0.4 is 5.32 Å². The molecule has 1 heterocycles. The van der Waals surface area contributed by atoms with E-state index >= 15 is 0 Å². The Morgan fingerprint density at radius 3 is 2.75 bits per heavy atom. The van der Waals surface area contributed by atoms with Gasteiger partial charge in [-0.15, -0.1) is 0 Å². The molecule has 2 amide bonds. The molecular weight excluding hydrogens is 256 g/mol. The third-order valence-electron chi connectivity index (χ3n) is 3.57. The summed E-state index contributed by atoms with van der Waals surface area (Å²) in [4.78, 5) is 25.5. The van der Waals surface area contributed by atoms with Gasteiger partial charge in [-0.25, -0.2) is 0 Å². The number of carbonyl (C=O) groups excluding carboxylic acids is 2. The summed E-state index contributed by atoms with van der Waals surface area (Å²) >= 11 is 0. The molecule has 0 radical (unpaired) electrons. The van der Waals surface area contributed by atoms with Gasteiger partial charge in [-0.05, 0) is 25.0 Å². The van der Waals surface area contributed by atoms with E-state index in [-0.39, 0.29) is 30.9 Å². The number of hydrogen-bond donors (Lipinski definition) is 2. The molecule has 5 heteroatoms. The number of likely N-dealkylation sites (tertiary alicyclic amines) is 1. The van der Waals surface area contributed by atoms with E-state index in [1.54, 1.807) is 29.2 Å². The summed E-state index contributed by atoms with van der Waals surface area (Å²) in [7, 11) is 0. The molecular formula is C15H20N2O3. The Kier molecular flexibility index (Phi) is 5.12. The van der Waals surface area contributed by atoms with Crippen LogP contribution in [-0.2, 0) is 4.79 Å². The summed E-state index contributed by atoms with van der Waals surface area (Å²) in [5.41, 5.74) is 0.592. The quantitative estimate of drug-likeness (QED) is 0.835. The summed E-state index contributed by atoms with van der Waals surface area (Å²) < 4.78 is 0. The minimum Gasteiger partial charge on any atom is -0.394 e. The van der Waals surface area contributed by atoms with Gasteiger partial charge in [0, 0.05) is 25.1 Å². The predicted octanol–water partition coefficient (Wildman–Crippen LogP) is 0.790. The molecule has 1 aromatic carbocycles. The van der Waals surface area contributed by atoms with Gasteiger partial charge in [-0.2, -0.15) is 0 Å². The lowest BCUT2D eigenvalue weighted by atomic mass is 10.2. The highest BCUT2D eigenvalue weighted by Gasteiger charge is 2.27. The molecule has 0 bridgehead atoms. The van der Waals surface area contributed by atoms with Crippen molar-refractivity contribution in [1.29, 1.82) is 0 Å². The molecule has 108 valence electrons. The number of rotatable bonds is 5. The standard InChI is InChI=1S/C15H20N2O3/c18-11-13-7-4-10-17(13)14(19)8-9-16-15(20)12-5-2-1-3-6-12/h1-3,5-6,13,18H,4,7-11H2,(H,16,20)/t13-/m1/s1. The van der Waals surface area contributed by atoms with Crippen molar-refractivity contribution in [1.82, 2.24) is 10.2 Å². The van der Waals surface area contributed by atoms with Crippen molar-refractivity contribution in [2.45, 2.75) is 25.3 Å². The summed E-state index contributed by atoms with van der Waals surface area (Å²) in [6.07, 6.45) is 2.07. The van der Waals surface area contributed by atoms with Gasteiger partial charge in [0.05, 0.1) is 12.6 Å². The minimum absolute atomic E-state index is 0.00471. The molecule has 20 heavy (non-hydrogen) atoms. The first-order valence-corrected chi connectivity index (χ1v) is 6.96. The topological polar surface area (TPSA) is 69.6 Å². The van der Waals surface area contributed by atoms with Crippen LogP contribution >= 0.6 is 0 Å². The average Bonchev–Trinajstić information content (AvgIpc) is 2.96. The lowest BCUT2D eigenvalue weighted by Gasteiger charge is -2.23. The Balaban J connectivity index is 1.76. The maximum absolute atomic E-state index is 12.0. The van der Waals surface area contributed by atoms with Crippen molar-refractivity contribution in [3.8, 4) is 0 Å². The molecule has 1 atom stereocenters. The average molecular weight is 276 g/mol. The lowest BCUT2D eigenvalue weighted by Crippen LogP contribution is -2.39. The molecule has 0 spiro atoms. The molecule has 0 aromatic heterocycles. The fourth-order valence-corrected chi connectivity index (χ4v) is 2.47. The van der Waals surface area contributed by atoms with E-state index in [1.807, 2.05) is 6.07 Å². The zero-order valence-corrected chi connectivity index (χ0v) is 11.4. The van der Waals surface area contributed by atoms with E-state index in [0.29, 0.717) is 18.7 Å². The number of nitrogens with one attached hydrogen (secondary N) is 1. The van der Waals surface area contributed by atoms with Gasteiger partial charge in [0.25, 0.3) is 5.91 Å². The van der Waals surface area contributed by atoms with Crippen LogP contribution in [0.4, 0.5) is 0 Å². The van der Waals surface area contributed by atoms with Gasteiger partial charge < -0.3 is 15.3 Å². The first kappa shape index (κ1) is 14.5. The van der Waals surface area contributed by atoms with Gasteiger partial charge in [-0.3, -0.25) is 9.59 Å². The van der Waals surface area contributed by atoms with E-state index in [0.717, 1.165) is 12.8 Å². The Morgan fingerprint density at radius 1 is 1.30 bits per heavy atom. The monoisotopic (exact) mass is 276 g/mol. The van der Waals surface area contributed by atoms with Gasteiger partial charge in [-0.1, -0.05) is 18.2 Å². The smallest absolute Gasteiger partial charge is 0.251 e. The number of hydrogen-bond acceptors (Lipinski definition) is 3. The van der Waals surface area contributed by atoms with Crippen molar-refractivity contribution in [2.24, 2.45) is 0 Å². The number of aliphatic hydroxyl groups excluding tert-OH is 1. The maximum atomic E-state index is 12.0. The zero-order chi connectivity index (χ0) is 14.4. The van der Waals surface area contributed by atoms with Crippen LogP contribution in [0.25, 0.3) is 0 Å². The second kappa shape index (κ2) is 7.05. The largest absolute Gasteiger partial charge is 0.394 e. The Hall–Kier alpha value is -1.88. The predicted molar refractivity (Wildman–Crippen MR) is 75.2 cm³/mol. The molecule has 1 saturated heterocycles. The third kappa shape index (κ3) is 3.57. The van der Waals surface area contributed by atoms with Crippen LogP contribution in [0.3, 0.4) is 0 Å². The molecule has 1 aromatic rings. The summed E-state index contributed by atoms with van der Waals surface area (Å²) in [6, 6.07) is 8.88. The van der Waals surface area contributed by atoms with Crippen LogP contribution in [-0.4, -0.2) is 47.6 Å². The van der Waals surface area contributed by atoms with Crippen molar-refractivity contribution in [3.63, 3.8) is 0 Å². The van der Waals surface area contributed by atoms with E-state index in [2.05, 4.69) is 5.32 Å². The molecule has 2 N–H and O–H groups in total. The fourth-order valence-electron chi connectivity index (χ4n) is 2.47. The van der Waals surface area contributed by atoms with E-state index < -0.39 is 0 Å². The maximum Gasteiger partial charge on any atom is 0.251 e. The van der Waals surface area contributed by atoms with Gasteiger partial charge >= 0.3 is 0 Å². The molecule has 0 unspecified atom stereocenters. The zero-order valence-electron chi connectivity index (χ0n) is 11.4. The van der Waals surface area contributed by atoms with Crippen LogP contribution in [0.5, 0.6) is 0 Å². The lowest BCUT2D eigenvalue weighted by molar-refractivity contribution is -0.132. The number of amides is 2. The highest BCUT2D eigenvalue weighted by molar-refractivity contribution is 5.94.